The molecule has 2 heterocycles. The van der Waals surface area contributed by atoms with E-state index in [0.29, 0.717) is 6.61 Å². The summed E-state index contributed by atoms with van der Waals surface area (Å²) in [6.07, 6.45) is 0.235. The van der Waals surface area contributed by atoms with Crippen molar-refractivity contribution in [2.75, 3.05) is 26.3 Å². The lowest BCUT2D eigenvalue weighted by Gasteiger charge is -2.28. The van der Waals surface area contributed by atoms with E-state index in [2.05, 4.69) is 5.32 Å². The van der Waals surface area contributed by atoms with Crippen molar-refractivity contribution >= 4 is 0 Å². The third kappa shape index (κ3) is 2.20. The van der Waals surface area contributed by atoms with Crippen LogP contribution in [0.4, 0.5) is 0 Å². The van der Waals surface area contributed by atoms with E-state index >= 15 is 0 Å². The van der Waals surface area contributed by atoms with Gasteiger partial charge in [-0.3, -0.25) is 0 Å². The van der Waals surface area contributed by atoms with Gasteiger partial charge in [0.05, 0.1) is 19.3 Å². The van der Waals surface area contributed by atoms with Crippen LogP contribution in [0.2, 0.25) is 0 Å². The first kappa shape index (κ1) is 9.40. The molecular weight excluding hydrogens is 170 g/mol. The summed E-state index contributed by atoms with van der Waals surface area (Å²) in [5.74, 6) is -0.439. The normalized spacial score (nSPS) is 39.2. The first-order valence-electron chi connectivity index (χ1n) is 4.81. The molecule has 2 aliphatic rings. The Morgan fingerprint density at radius 1 is 1.31 bits per heavy atom. The lowest BCUT2D eigenvalue weighted by Crippen LogP contribution is -2.46. The van der Waals surface area contributed by atoms with Crippen LogP contribution >= 0.6 is 0 Å². The Morgan fingerprint density at radius 2 is 2.15 bits per heavy atom. The number of ether oxygens (including phenoxy) is 3. The summed E-state index contributed by atoms with van der Waals surface area (Å²) in [6, 6.07) is 0. The number of rotatable bonds is 1. The van der Waals surface area contributed by atoms with Crippen LogP contribution in [0, 0.1) is 0 Å². The maximum absolute atomic E-state index is 5.70. The Balaban J connectivity index is 1.87. The molecule has 2 saturated heterocycles. The van der Waals surface area contributed by atoms with Crippen LogP contribution < -0.4 is 5.32 Å². The van der Waals surface area contributed by atoms with E-state index < -0.39 is 5.79 Å². The van der Waals surface area contributed by atoms with E-state index in [0.717, 1.165) is 19.7 Å². The molecule has 2 fully saturated rings. The monoisotopic (exact) mass is 187 g/mol. The van der Waals surface area contributed by atoms with Crippen LogP contribution in [0.25, 0.3) is 0 Å². The Hall–Kier alpha value is -0.160. The molecule has 4 heteroatoms. The molecule has 0 unspecified atom stereocenters. The zero-order valence-electron chi connectivity index (χ0n) is 8.21. The number of nitrogens with one attached hydrogen (secondary N) is 1. The quantitative estimate of drug-likeness (QED) is 0.633. The van der Waals surface area contributed by atoms with Crippen molar-refractivity contribution < 1.29 is 14.2 Å². The molecule has 0 aliphatic carbocycles. The second-order valence-electron chi connectivity index (χ2n) is 3.98. The molecule has 1 N–H and O–H groups in total. The molecule has 0 bridgehead atoms. The minimum atomic E-state index is -0.439. The Labute approximate surface area is 78.5 Å². The lowest BCUT2D eigenvalue weighted by atomic mass is 10.2. The molecule has 4 nitrogen and oxygen atoms in total. The second kappa shape index (κ2) is 3.53. The molecule has 0 radical (unpaired) electrons. The van der Waals surface area contributed by atoms with Gasteiger partial charge in [0, 0.05) is 13.1 Å². The molecule has 76 valence electrons. The van der Waals surface area contributed by atoms with Crippen LogP contribution in [0.1, 0.15) is 13.8 Å². The van der Waals surface area contributed by atoms with Gasteiger partial charge in [-0.05, 0) is 13.8 Å². The van der Waals surface area contributed by atoms with Crippen LogP contribution in [0.15, 0.2) is 0 Å². The van der Waals surface area contributed by atoms with Crippen LogP contribution in [-0.2, 0) is 14.2 Å². The largest absolute Gasteiger partial charge is 0.373 e. The second-order valence-corrected chi connectivity index (χ2v) is 3.98. The fourth-order valence-corrected chi connectivity index (χ4v) is 1.72. The molecule has 0 amide bonds. The summed E-state index contributed by atoms with van der Waals surface area (Å²) >= 11 is 0. The standard InChI is InChI=1S/C9H17NO3/c1-9(2)12-6-8(13-9)7-5-10-3-4-11-7/h7-8,10H,3-6H2,1-2H3/t7-,8+/m1/s1. The summed E-state index contributed by atoms with van der Waals surface area (Å²) in [6.45, 7) is 7.08. The van der Waals surface area contributed by atoms with Crippen LogP contribution in [0.3, 0.4) is 0 Å². The summed E-state index contributed by atoms with van der Waals surface area (Å²) in [5, 5.41) is 3.28. The van der Waals surface area contributed by atoms with Gasteiger partial charge in [-0.15, -0.1) is 0 Å². The molecule has 2 rings (SSSR count). The zero-order chi connectivity index (χ0) is 9.31. The van der Waals surface area contributed by atoms with Gasteiger partial charge in [0.15, 0.2) is 5.79 Å². The fraction of sp³-hybridized carbons (Fsp3) is 1.00. The average molecular weight is 187 g/mol. The number of morpholine rings is 1. The van der Waals surface area contributed by atoms with E-state index in [-0.39, 0.29) is 12.2 Å². The van der Waals surface area contributed by atoms with Crippen molar-refractivity contribution in [3.63, 3.8) is 0 Å². The maximum atomic E-state index is 5.70. The highest BCUT2D eigenvalue weighted by Crippen LogP contribution is 2.25. The average Bonchev–Trinajstić information content (AvgIpc) is 2.48. The van der Waals surface area contributed by atoms with Gasteiger partial charge in [-0.25, -0.2) is 0 Å². The van der Waals surface area contributed by atoms with Gasteiger partial charge in [-0.2, -0.15) is 0 Å². The first-order chi connectivity index (χ1) is 6.17. The predicted molar refractivity (Wildman–Crippen MR) is 47.5 cm³/mol. The van der Waals surface area contributed by atoms with E-state index in [4.69, 9.17) is 14.2 Å². The van der Waals surface area contributed by atoms with Crippen molar-refractivity contribution in [2.45, 2.75) is 31.8 Å². The molecule has 0 spiro atoms. The molecule has 0 aromatic heterocycles. The zero-order valence-corrected chi connectivity index (χ0v) is 8.21. The highest BCUT2D eigenvalue weighted by Gasteiger charge is 2.38. The molecule has 0 aromatic carbocycles. The van der Waals surface area contributed by atoms with Gasteiger partial charge in [0.1, 0.15) is 6.10 Å². The predicted octanol–water partition coefficient (Wildman–Crippen LogP) is 0.126. The van der Waals surface area contributed by atoms with Gasteiger partial charge < -0.3 is 19.5 Å². The lowest BCUT2D eigenvalue weighted by molar-refractivity contribution is -0.158. The molecule has 2 aliphatic heterocycles. The molecule has 0 saturated carbocycles. The van der Waals surface area contributed by atoms with Crippen LogP contribution in [0.5, 0.6) is 0 Å². The molecule has 0 aromatic rings. The summed E-state index contributed by atoms with van der Waals surface area (Å²) in [5.41, 5.74) is 0. The topological polar surface area (TPSA) is 39.7 Å². The number of hydrogen-bond acceptors (Lipinski definition) is 4. The van der Waals surface area contributed by atoms with E-state index in [9.17, 15) is 0 Å². The summed E-state index contributed by atoms with van der Waals surface area (Å²) in [7, 11) is 0. The minimum Gasteiger partial charge on any atom is -0.373 e. The fourth-order valence-electron chi connectivity index (χ4n) is 1.72. The Kier molecular flexibility index (Phi) is 2.55. The summed E-state index contributed by atoms with van der Waals surface area (Å²) < 4.78 is 16.8. The van der Waals surface area contributed by atoms with Gasteiger partial charge in [0.2, 0.25) is 0 Å². The third-order valence-electron chi connectivity index (χ3n) is 2.40. The summed E-state index contributed by atoms with van der Waals surface area (Å²) in [4.78, 5) is 0. The minimum absolute atomic E-state index is 0.0859. The van der Waals surface area contributed by atoms with Gasteiger partial charge >= 0.3 is 0 Å². The molecule has 13 heavy (non-hydrogen) atoms. The van der Waals surface area contributed by atoms with Crippen molar-refractivity contribution in [3.05, 3.63) is 0 Å². The maximum Gasteiger partial charge on any atom is 0.163 e. The van der Waals surface area contributed by atoms with Gasteiger partial charge in [0.25, 0.3) is 0 Å². The van der Waals surface area contributed by atoms with Crippen LogP contribution in [-0.4, -0.2) is 44.3 Å². The highest BCUT2D eigenvalue weighted by molar-refractivity contribution is 4.81. The van der Waals surface area contributed by atoms with Crippen molar-refractivity contribution in [3.8, 4) is 0 Å². The highest BCUT2D eigenvalue weighted by atomic mass is 16.7. The number of hydrogen-bond donors (Lipinski definition) is 1. The first-order valence-corrected chi connectivity index (χ1v) is 4.81. The Morgan fingerprint density at radius 3 is 2.69 bits per heavy atom. The van der Waals surface area contributed by atoms with Gasteiger partial charge in [-0.1, -0.05) is 0 Å². The smallest absolute Gasteiger partial charge is 0.163 e. The third-order valence-corrected chi connectivity index (χ3v) is 2.40. The van der Waals surface area contributed by atoms with E-state index in [1.54, 1.807) is 0 Å². The van der Waals surface area contributed by atoms with Crippen molar-refractivity contribution in [1.29, 1.82) is 0 Å². The van der Waals surface area contributed by atoms with E-state index in [1.165, 1.54) is 0 Å². The van der Waals surface area contributed by atoms with Crippen molar-refractivity contribution in [1.82, 2.24) is 5.32 Å². The Bertz CT molecular complexity index is 178. The van der Waals surface area contributed by atoms with E-state index in [1.807, 2.05) is 13.8 Å². The SMILES string of the molecule is CC1(C)OC[C@@H]([C@H]2CNCCO2)O1. The molecular formula is C9H17NO3. The molecule has 2 atom stereocenters. The van der Waals surface area contributed by atoms with Crippen molar-refractivity contribution in [2.24, 2.45) is 0 Å².